The van der Waals surface area contributed by atoms with Gasteiger partial charge in [-0.05, 0) is 37.2 Å². The summed E-state index contributed by atoms with van der Waals surface area (Å²) in [5.74, 6) is 0.572. The van der Waals surface area contributed by atoms with Crippen LogP contribution >= 0.6 is 0 Å². The molecule has 16 heavy (non-hydrogen) atoms. The molecule has 0 amide bonds. The third kappa shape index (κ3) is 2.51. The molecule has 0 saturated heterocycles. The molecule has 0 bridgehead atoms. The normalized spacial score (nSPS) is 11.9. The molecule has 1 unspecified atom stereocenters. The van der Waals surface area contributed by atoms with Crippen molar-refractivity contribution in [1.29, 1.82) is 5.26 Å². The molecule has 0 spiro atoms. The molecule has 86 valence electrons. The van der Waals surface area contributed by atoms with Gasteiger partial charge in [0.2, 0.25) is 0 Å². The molecule has 0 heterocycles. The van der Waals surface area contributed by atoms with Gasteiger partial charge in [0, 0.05) is 6.54 Å². The van der Waals surface area contributed by atoms with Crippen LogP contribution < -0.4 is 10.1 Å². The fraction of sp³-hybridized carbons (Fsp3) is 0.417. The Morgan fingerprint density at radius 3 is 2.75 bits per heavy atom. The van der Waals surface area contributed by atoms with Crippen molar-refractivity contribution in [3.8, 4) is 11.8 Å². The van der Waals surface area contributed by atoms with E-state index in [1.165, 1.54) is 7.11 Å². The molecule has 0 saturated carbocycles. The van der Waals surface area contributed by atoms with E-state index >= 15 is 0 Å². The lowest BCUT2D eigenvalue weighted by atomic mass is 10.0. The van der Waals surface area contributed by atoms with Crippen molar-refractivity contribution in [3.63, 3.8) is 0 Å². The lowest BCUT2D eigenvalue weighted by Gasteiger charge is -2.14. The second-order valence-corrected chi connectivity index (χ2v) is 3.60. The van der Waals surface area contributed by atoms with E-state index in [4.69, 9.17) is 10.00 Å². The van der Waals surface area contributed by atoms with Crippen LogP contribution in [0.3, 0.4) is 0 Å². The van der Waals surface area contributed by atoms with Crippen LogP contribution in [-0.2, 0) is 0 Å². The SMILES string of the molecule is CNCC(O)c1cc(C)c(OC)c(C#N)c1. The highest BCUT2D eigenvalue weighted by molar-refractivity contribution is 5.50. The van der Waals surface area contributed by atoms with Gasteiger partial charge in [-0.25, -0.2) is 0 Å². The molecule has 0 aliphatic carbocycles. The Morgan fingerprint density at radius 1 is 1.56 bits per heavy atom. The standard InChI is InChI=1S/C12H16N2O2/c1-8-4-9(11(15)7-14-2)5-10(6-13)12(8)16-3/h4-5,11,14-15H,7H2,1-3H3. The third-order valence-electron chi connectivity index (χ3n) is 2.40. The Kier molecular flexibility index (Phi) is 4.29. The van der Waals surface area contributed by atoms with Crippen molar-refractivity contribution in [2.24, 2.45) is 0 Å². The lowest BCUT2D eigenvalue weighted by Crippen LogP contribution is -2.17. The van der Waals surface area contributed by atoms with Crippen LogP contribution in [-0.4, -0.2) is 25.8 Å². The van der Waals surface area contributed by atoms with Crippen molar-refractivity contribution in [3.05, 3.63) is 28.8 Å². The molecule has 0 aromatic heterocycles. The summed E-state index contributed by atoms with van der Waals surface area (Å²) in [6.07, 6.45) is -0.610. The zero-order valence-electron chi connectivity index (χ0n) is 9.74. The minimum absolute atomic E-state index is 0.452. The van der Waals surface area contributed by atoms with Crippen LogP contribution in [0.1, 0.15) is 22.8 Å². The van der Waals surface area contributed by atoms with Gasteiger partial charge in [-0.3, -0.25) is 0 Å². The molecule has 0 aliphatic heterocycles. The number of benzene rings is 1. The molecule has 2 N–H and O–H groups in total. The average molecular weight is 220 g/mol. The molecule has 1 atom stereocenters. The number of ether oxygens (including phenoxy) is 1. The maximum atomic E-state index is 9.82. The molecule has 1 rings (SSSR count). The molecule has 0 fully saturated rings. The highest BCUT2D eigenvalue weighted by atomic mass is 16.5. The number of hydrogen-bond donors (Lipinski definition) is 2. The predicted molar refractivity (Wildman–Crippen MR) is 61.3 cm³/mol. The molecule has 0 aliphatic rings. The monoisotopic (exact) mass is 220 g/mol. The number of hydrogen-bond acceptors (Lipinski definition) is 4. The summed E-state index contributed by atoms with van der Waals surface area (Å²) >= 11 is 0. The van der Waals surface area contributed by atoms with Gasteiger partial charge in [-0.15, -0.1) is 0 Å². The van der Waals surface area contributed by atoms with Gasteiger partial charge in [0.25, 0.3) is 0 Å². The molecular formula is C12H16N2O2. The summed E-state index contributed by atoms with van der Waals surface area (Å²) in [7, 11) is 3.30. The molecule has 0 radical (unpaired) electrons. The summed E-state index contributed by atoms with van der Waals surface area (Å²) in [5, 5.41) is 21.7. The van der Waals surface area contributed by atoms with E-state index in [1.54, 1.807) is 13.1 Å². The van der Waals surface area contributed by atoms with Crippen molar-refractivity contribution in [2.45, 2.75) is 13.0 Å². The van der Waals surface area contributed by atoms with Gasteiger partial charge in [0.1, 0.15) is 11.8 Å². The maximum Gasteiger partial charge on any atom is 0.139 e. The number of likely N-dealkylation sites (N-methyl/N-ethyl adjacent to an activating group) is 1. The summed E-state index contributed by atoms with van der Waals surface area (Å²) in [5.41, 5.74) is 2.03. The van der Waals surface area contributed by atoms with E-state index in [0.717, 1.165) is 11.1 Å². The number of aryl methyl sites for hydroxylation is 1. The maximum absolute atomic E-state index is 9.82. The molecule has 4 heteroatoms. The Morgan fingerprint density at radius 2 is 2.25 bits per heavy atom. The van der Waals surface area contributed by atoms with Crippen LogP contribution in [0.5, 0.6) is 5.75 Å². The zero-order chi connectivity index (χ0) is 12.1. The fourth-order valence-electron chi connectivity index (χ4n) is 1.66. The van der Waals surface area contributed by atoms with Crippen LogP contribution in [0.25, 0.3) is 0 Å². The van der Waals surface area contributed by atoms with Crippen LogP contribution in [0.4, 0.5) is 0 Å². The van der Waals surface area contributed by atoms with Crippen molar-refractivity contribution >= 4 is 0 Å². The number of methoxy groups -OCH3 is 1. The summed E-state index contributed by atoms with van der Waals surface area (Å²) < 4.78 is 5.14. The number of aliphatic hydroxyl groups excluding tert-OH is 1. The van der Waals surface area contributed by atoms with Crippen LogP contribution in [0.15, 0.2) is 12.1 Å². The van der Waals surface area contributed by atoms with E-state index < -0.39 is 6.10 Å². The zero-order valence-corrected chi connectivity index (χ0v) is 9.74. The van der Waals surface area contributed by atoms with Crippen molar-refractivity contribution in [2.75, 3.05) is 20.7 Å². The number of aliphatic hydroxyl groups is 1. The number of nitrogens with one attached hydrogen (secondary N) is 1. The van der Waals surface area contributed by atoms with Gasteiger partial charge in [-0.2, -0.15) is 5.26 Å². The highest BCUT2D eigenvalue weighted by Crippen LogP contribution is 2.27. The smallest absolute Gasteiger partial charge is 0.139 e. The van der Waals surface area contributed by atoms with E-state index in [2.05, 4.69) is 11.4 Å². The van der Waals surface area contributed by atoms with Crippen molar-refractivity contribution in [1.82, 2.24) is 5.32 Å². The minimum atomic E-state index is -0.610. The van der Waals surface area contributed by atoms with E-state index in [9.17, 15) is 5.11 Å². The summed E-state index contributed by atoms with van der Waals surface area (Å²) in [6, 6.07) is 5.56. The van der Waals surface area contributed by atoms with Gasteiger partial charge in [0.15, 0.2) is 0 Å². The Hall–Kier alpha value is -1.57. The Balaban J connectivity index is 3.16. The number of nitriles is 1. The van der Waals surface area contributed by atoms with Gasteiger partial charge >= 0.3 is 0 Å². The Labute approximate surface area is 95.5 Å². The van der Waals surface area contributed by atoms with Gasteiger partial charge in [0.05, 0.1) is 18.8 Å². The largest absolute Gasteiger partial charge is 0.495 e. The number of nitrogens with zero attached hydrogens (tertiary/aromatic N) is 1. The first kappa shape index (κ1) is 12.5. The Bertz CT molecular complexity index is 410. The van der Waals surface area contributed by atoms with Crippen LogP contribution in [0.2, 0.25) is 0 Å². The first-order valence-electron chi connectivity index (χ1n) is 5.05. The second-order valence-electron chi connectivity index (χ2n) is 3.60. The van der Waals surface area contributed by atoms with E-state index in [-0.39, 0.29) is 0 Å². The lowest BCUT2D eigenvalue weighted by molar-refractivity contribution is 0.177. The fourth-order valence-corrected chi connectivity index (χ4v) is 1.66. The van der Waals surface area contributed by atoms with Gasteiger partial charge in [-0.1, -0.05) is 0 Å². The molecule has 4 nitrogen and oxygen atoms in total. The average Bonchev–Trinajstić information content (AvgIpc) is 2.28. The summed E-state index contributed by atoms with van der Waals surface area (Å²) in [4.78, 5) is 0. The molecule has 1 aromatic carbocycles. The summed E-state index contributed by atoms with van der Waals surface area (Å²) in [6.45, 7) is 2.31. The first-order valence-corrected chi connectivity index (χ1v) is 5.05. The van der Waals surface area contributed by atoms with E-state index in [1.807, 2.05) is 13.0 Å². The highest BCUT2D eigenvalue weighted by Gasteiger charge is 2.13. The van der Waals surface area contributed by atoms with E-state index in [0.29, 0.717) is 17.9 Å². The minimum Gasteiger partial charge on any atom is -0.495 e. The first-order chi connectivity index (χ1) is 7.63. The van der Waals surface area contributed by atoms with Gasteiger partial charge < -0.3 is 15.2 Å². The topological polar surface area (TPSA) is 65.3 Å². The third-order valence-corrected chi connectivity index (χ3v) is 2.40. The van der Waals surface area contributed by atoms with Crippen LogP contribution in [0, 0.1) is 18.3 Å². The predicted octanol–water partition coefficient (Wildman–Crippen LogP) is 1.13. The van der Waals surface area contributed by atoms with Crippen molar-refractivity contribution < 1.29 is 9.84 Å². The number of rotatable bonds is 4. The molecular weight excluding hydrogens is 204 g/mol. The second kappa shape index (κ2) is 5.50. The molecule has 1 aromatic rings. The quantitative estimate of drug-likeness (QED) is 0.798.